The molecule has 27 heavy (non-hydrogen) atoms. The first-order valence-electron chi connectivity index (χ1n) is 8.51. The second-order valence-electron chi connectivity index (χ2n) is 6.34. The van der Waals surface area contributed by atoms with Crippen LogP contribution in [0.2, 0.25) is 0 Å². The molecule has 0 aliphatic carbocycles. The third kappa shape index (κ3) is 6.08. The Kier molecular flexibility index (Phi) is 7.32. The molecule has 7 nitrogen and oxygen atoms in total. The summed E-state index contributed by atoms with van der Waals surface area (Å²) < 4.78 is 4.67. The van der Waals surface area contributed by atoms with Gasteiger partial charge in [0.25, 0.3) is 0 Å². The summed E-state index contributed by atoms with van der Waals surface area (Å²) in [6, 6.07) is 8.47. The summed E-state index contributed by atoms with van der Waals surface area (Å²) in [6.07, 6.45) is 0.843. The molecule has 1 N–H and O–H groups in total. The normalized spacial score (nSPS) is 10.3. The van der Waals surface area contributed by atoms with Crippen molar-refractivity contribution >= 4 is 29.0 Å². The van der Waals surface area contributed by atoms with E-state index in [2.05, 4.69) is 28.9 Å². The number of nitrogens with one attached hydrogen (secondary N) is 1. The number of carbonyl (C=O) groups is 2. The SMILES string of the molecule is COC(=O)c1csc(CN(CCC(C)C)C(=O)Nc2ccc(C#N)cc2)n1. The van der Waals surface area contributed by atoms with E-state index in [9.17, 15) is 9.59 Å². The van der Waals surface area contributed by atoms with Crippen LogP contribution in [0.15, 0.2) is 29.6 Å². The van der Waals surface area contributed by atoms with Crippen molar-refractivity contribution in [3.8, 4) is 6.07 Å². The highest BCUT2D eigenvalue weighted by molar-refractivity contribution is 7.09. The lowest BCUT2D eigenvalue weighted by Crippen LogP contribution is -2.35. The Hall–Kier alpha value is -2.92. The fourth-order valence-electron chi connectivity index (χ4n) is 2.24. The van der Waals surface area contributed by atoms with Crippen LogP contribution in [0.3, 0.4) is 0 Å². The quantitative estimate of drug-likeness (QED) is 0.729. The zero-order chi connectivity index (χ0) is 19.8. The number of ether oxygens (including phenoxy) is 1. The standard InChI is InChI=1S/C19H22N4O3S/c1-13(2)8-9-23(11-17-22-16(12-27-17)18(24)26-3)19(25)21-15-6-4-14(10-20)5-7-15/h4-7,12-13H,8-9,11H2,1-3H3,(H,21,25). The van der Waals surface area contributed by atoms with Crippen LogP contribution in [0.4, 0.5) is 10.5 Å². The molecule has 2 rings (SSSR count). The molecule has 0 spiro atoms. The van der Waals surface area contributed by atoms with Gasteiger partial charge in [-0.1, -0.05) is 13.8 Å². The minimum atomic E-state index is -0.492. The van der Waals surface area contributed by atoms with Crippen LogP contribution in [0.1, 0.15) is 41.3 Å². The zero-order valence-corrected chi connectivity index (χ0v) is 16.4. The molecule has 1 aromatic carbocycles. The number of nitrogens with zero attached hydrogens (tertiary/aromatic N) is 3. The second kappa shape index (κ2) is 9.69. The third-order valence-electron chi connectivity index (χ3n) is 3.80. The lowest BCUT2D eigenvalue weighted by atomic mass is 10.1. The van der Waals surface area contributed by atoms with Crippen LogP contribution in [-0.4, -0.2) is 35.5 Å². The number of nitriles is 1. The summed E-state index contributed by atoms with van der Waals surface area (Å²) in [4.78, 5) is 30.2. The van der Waals surface area contributed by atoms with Gasteiger partial charge in [0, 0.05) is 17.6 Å². The maximum Gasteiger partial charge on any atom is 0.357 e. The van der Waals surface area contributed by atoms with Gasteiger partial charge in [-0.15, -0.1) is 11.3 Å². The zero-order valence-electron chi connectivity index (χ0n) is 15.6. The average molecular weight is 386 g/mol. The maximum absolute atomic E-state index is 12.7. The van der Waals surface area contributed by atoms with Gasteiger partial charge in [0.15, 0.2) is 5.69 Å². The minimum absolute atomic E-state index is 0.244. The van der Waals surface area contributed by atoms with Gasteiger partial charge in [-0.2, -0.15) is 5.26 Å². The first-order chi connectivity index (χ1) is 12.9. The van der Waals surface area contributed by atoms with Crippen molar-refractivity contribution in [3.05, 3.63) is 45.9 Å². The number of urea groups is 1. The third-order valence-corrected chi connectivity index (χ3v) is 4.63. The Bertz CT molecular complexity index is 824. The molecule has 0 radical (unpaired) electrons. The Morgan fingerprint density at radius 3 is 2.63 bits per heavy atom. The first-order valence-corrected chi connectivity index (χ1v) is 9.39. The number of rotatable bonds is 7. The summed E-state index contributed by atoms with van der Waals surface area (Å²) in [5, 5.41) is 14.0. The van der Waals surface area contributed by atoms with E-state index < -0.39 is 5.97 Å². The minimum Gasteiger partial charge on any atom is -0.464 e. The van der Waals surface area contributed by atoms with Gasteiger partial charge < -0.3 is 15.0 Å². The van der Waals surface area contributed by atoms with E-state index in [1.807, 2.05) is 6.07 Å². The van der Waals surface area contributed by atoms with Crippen molar-refractivity contribution in [1.82, 2.24) is 9.88 Å². The lowest BCUT2D eigenvalue weighted by Gasteiger charge is -2.23. The molecule has 1 aromatic heterocycles. The monoisotopic (exact) mass is 386 g/mol. The second-order valence-corrected chi connectivity index (χ2v) is 7.28. The summed E-state index contributed by atoms with van der Waals surface area (Å²) in [5.41, 5.74) is 1.39. The Labute approximate surface area is 162 Å². The molecular weight excluding hydrogens is 364 g/mol. The van der Waals surface area contributed by atoms with Crippen molar-refractivity contribution in [2.24, 2.45) is 5.92 Å². The number of carbonyl (C=O) groups excluding carboxylic acids is 2. The van der Waals surface area contributed by atoms with Crippen LogP contribution in [0, 0.1) is 17.2 Å². The molecule has 0 fully saturated rings. The molecule has 1 heterocycles. The summed E-state index contributed by atoms with van der Waals surface area (Å²) in [6.45, 7) is 5.05. The molecule has 0 saturated carbocycles. The van der Waals surface area contributed by atoms with Gasteiger partial charge in [0.05, 0.1) is 25.3 Å². The van der Waals surface area contributed by atoms with Crippen LogP contribution in [0.25, 0.3) is 0 Å². The molecule has 0 atom stereocenters. The van der Waals surface area contributed by atoms with E-state index in [1.54, 1.807) is 34.5 Å². The number of aromatic nitrogens is 1. The average Bonchev–Trinajstić information content (AvgIpc) is 3.13. The van der Waals surface area contributed by atoms with E-state index in [0.29, 0.717) is 35.3 Å². The summed E-state index contributed by atoms with van der Waals surface area (Å²) >= 11 is 1.31. The van der Waals surface area contributed by atoms with Crippen molar-refractivity contribution in [1.29, 1.82) is 5.26 Å². The number of hydrogen-bond donors (Lipinski definition) is 1. The Morgan fingerprint density at radius 2 is 2.04 bits per heavy atom. The van der Waals surface area contributed by atoms with Crippen molar-refractivity contribution < 1.29 is 14.3 Å². The fraction of sp³-hybridized carbons (Fsp3) is 0.368. The number of amides is 2. The van der Waals surface area contributed by atoms with Crippen LogP contribution in [-0.2, 0) is 11.3 Å². The van der Waals surface area contributed by atoms with E-state index in [0.717, 1.165) is 6.42 Å². The van der Waals surface area contributed by atoms with E-state index in [1.165, 1.54) is 18.4 Å². The smallest absolute Gasteiger partial charge is 0.357 e. The lowest BCUT2D eigenvalue weighted by molar-refractivity contribution is 0.0594. The van der Waals surface area contributed by atoms with Gasteiger partial charge in [-0.05, 0) is 36.6 Å². The molecular formula is C19H22N4O3S. The van der Waals surface area contributed by atoms with E-state index >= 15 is 0 Å². The summed E-state index contributed by atoms with van der Waals surface area (Å²) in [7, 11) is 1.31. The largest absolute Gasteiger partial charge is 0.464 e. The van der Waals surface area contributed by atoms with Gasteiger partial charge in [0.1, 0.15) is 5.01 Å². The van der Waals surface area contributed by atoms with Gasteiger partial charge in [-0.25, -0.2) is 14.6 Å². The van der Waals surface area contributed by atoms with Crippen molar-refractivity contribution in [2.75, 3.05) is 19.0 Å². The number of methoxy groups -OCH3 is 1. The predicted octanol–water partition coefficient (Wildman–Crippen LogP) is 3.88. The number of anilines is 1. The highest BCUT2D eigenvalue weighted by Gasteiger charge is 2.18. The maximum atomic E-state index is 12.7. The van der Waals surface area contributed by atoms with E-state index in [4.69, 9.17) is 5.26 Å². The van der Waals surface area contributed by atoms with Gasteiger partial charge in [-0.3, -0.25) is 0 Å². The molecule has 0 unspecified atom stereocenters. The van der Waals surface area contributed by atoms with Crippen LogP contribution >= 0.6 is 11.3 Å². The molecule has 2 aromatic rings. The molecule has 0 saturated heterocycles. The van der Waals surface area contributed by atoms with Crippen molar-refractivity contribution in [2.45, 2.75) is 26.8 Å². The molecule has 0 aliphatic heterocycles. The van der Waals surface area contributed by atoms with Crippen LogP contribution < -0.4 is 5.32 Å². The topological polar surface area (TPSA) is 95.3 Å². The van der Waals surface area contributed by atoms with Gasteiger partial charge >= 0.3 is 12.0 Å². The predicted molar refractivity (Wildman–Crippen MR) is 103 cm³/mol. The van der Waals surface area contributed by atoms with Crippen molar-refractivity contribution in [3.63, 3.8) is 0 Å². The molecule has 0 aliphatic rings. The highest BCUT2D eigenvalue weighted by atomic mass is 32.1. The number of thiazole rings is 1. The number of esters is 1. The Balaban J connectivity index is 2.09. The van der Waals surface area contributed by atoms with Gasteiger partial charge in [0.2, 0.25) is 0 Å². The Morgan fingerprint density at radius 1 is 1.33 bits per heavy atom. The number of benzene rings is 1. The molecule has 2 amide bonds. The summed E-state index contributed by atoms with van der Waals surface area (Å²) in [5.74, 6) is -0.0506. The highest BCUT2D eigenvalue weighted by Crippen LogP contribution is 2.16. The van der Waals surface area contributed by atoms with E-state index in [-0.39, 0.29) is 11.7 Å². The number of hydrogen-bond acceptors (Lipinski definition) is 6. The molecule has 0 bridgehead atoms. The fourth-order valence-corrected chi connectivity index (χ4v) is 3.02. The van der Waals surface area contributed by atoms with Crippen LogP contribution in [0.5, 0.6) is 0 Å². The molecule has 142 valence electrons. The molecule has 8 heteroatoms. The first kappa shape index (κ1) is 20.4.